The van der Waals surface area contributed by atoms with E-state index in [4.69, 9.17) is 10.5 Å². The summed E-state index contributed by atoms with van der Waals surface area (Å²) in [6.45, 7) is 5.00. The van der Waals surface area contributed by atoms with E-state index in [-0.39, 0.29) is 43.8 Å². The Morgan fingerprint density at radius 3 is 2.69 bits per heavy atom. The van der Waals surface area contributed by atoms with Crippen LogP contribution in [0.2, 0.25) is 0 Å². The lowest BCUT2D eigenvalue weighted by Gasteiger charge is -2.24. The number of rotatable bonds is 13. The van der Waals surface area contributed by atoms with Gasteiger partial charge in [-0.3, -0.25) is 19.8 Å². The molecule has 0 spiro atoms. The van der Waals surface area contributed by atoms with Crippen molar-refractivity contribution in [2.45, 2.75) is 32.9 Å². The Hall–Kier alpha value is -3.16. The van der Waals surface area contributed by atoms with Crippen molar-refractivity contribution in [3.05, 3.63) is 45.5 Å². The van der Waals surface area contributed by atoms with Gasteiger partial charge in [0.25, 0.3) is 0 Å². The third-order valence-corrected chi connectivity index (χ3v) is 6.42. The number of carbonyl (C=O) groups excluding carboxylic acids is 1. The van der Waals surface area contributed by atoms with E-state index in [9.17, 15) is 19.5 Å². The Kier molecular flexibility index (Phi) is 10.1. The maximum Gasteiger partial charge on any atom is 0.353 e. The topological polar surface area (TPSA) is 163 Å². The molecule has 1 atom stereocenters. The highest BCUT2D eigenvalue weighted by molar-refractivity contribution is 7.90. The van der Waals surface area contributed by atoms with Crippen LogP contribution in [-0.2, 0) is 33.8 Å². The van der Waals surface area contributed by atoms with Crippen molar-refractivity contribution < 1.29 is 19.0 Å². The van der Waals surface area contributed by atoms with Crippen LogP contribution in [0.1, 0.15) is 30.9 Å². The van der Waals surface area contributed by atoms with Gasteiger partial charge < -0.3 is 25.2 Å². The van der Waals surface area contributed by atoms with Crippen molar-refractivity contribution in [2.24, 2.45) is 0 Å². The van der Waals surface area contributed by atoms with Crippen molar-refractivity contribution in [1.82, 2.24) is 14.9 Å². The van der Waals surface area contributed by atoms with Crippen LogP contribution >= 0.6 is 0 Å². The number of nitrogen functional groups attached to an aromatic ring is 1. The molecule has 196 valence electrons. The average Bonchev–Trinajstić information content (AvgIpc) is 3.31. The molecule has 1 aromatic carbocycles. The lowest BCUT2D eigenvalue weighted by molar-refractivity contribution is -0.383. The Balaban J connectivity index is 1.93. The molecule has 0 aliphatic carbocycles. The fraction of sp³-hybridized carbons (Fsp3) is 0.522. The SMILES string of the molecule is CCOC(=O)CN(Cc1cccc(CN2CCCC2)c1)c1nc(NCC[S+](C)[O-])nc(N)c1[N+](=O)[O-]. The second kappa shape index (κ2) is 13.2. The highest BCUT2D eigenvalue weighted by Crippen LogP contribution is 2.33. The Bertz CT molecular complexity index is 1050. The minimum atomic E-state index is -1.04. The number of likely N-dealkylation sites (tertiary alicyclic amines) is 1. The Morgan fingerprint density at radius 1 is 1.31 bits per heavy atom. The quantitative estimate of drug-likeness (QED) is 0.172. The van der Waals surface area contributed by atoms with Crippen molar-refractivity contribution in [2.75, 3.05) is 60.7 Å². The van der Waals surface area contributed by atoms with Crippen LogP contribution in [0, 0.1) is 10.1 Å². The molecule has 2 aromatic rings. The number of hydrogen-bond donors (Lipinski definition) is 2. The van der Waals surface area contributed by atoms with Gasteiger partial charge in [-0.2, -0.15) is 9.97 Å². The summed E-state index contributed by atoms with van der Waals surface area (Å²) in [7, 11) is 0. The van der Waals surface area contributed by atoms with E-state index >= 15 is 0 Å². The number of nitrogens with two attached hydrogens (primary N) is 1. The summed E-state index contributed by atoms with van der Waals surface area (Å²) in [6, 6.07) is 7.91. The van der Waals surface area contributed by atoms with E-state index in [1.807, 2.05) is 24.3 Å². The Labute approximate surface area is 213 Å². The predicted octanol–water partition coefficient (Wildman–Crippen LogP) is 1.92. The van der Waals surface area contributed by atoms with Crippen LogP contribution in [0.25, 0.3) is 0 Å². The summed E-state index contributed by atoms with van der Waals surface area (Å²) < 4.78 is 16.5. The summed E-state index contributed by atoms with van der Waals surface area (Å²) in [5.74, 6) is -0.581. The van der Waals surface area contributed by atoms with Crippen molar-refractivity contribution in [1.29, 1.82) is 0 Å². The minimum absolute atomic E-state index is 0.0511. The molecule has 0 saturated carbocycles. The first kappa shape index (κ1) is 27.4. The van der Waals surface area contributed by atoms with Gasteiger partial charge in [-0.05, 0) is 44.0 Å². The van der Waals surface area contributed by atoms with E-state index in [1.165, 1.54) is 17.7 Å². The summed E-state index contributed by atoms with van der Waals surface area (Å²) in [5.41, 5.74) is 7.44. The standard InChI is InChI=1S/C23H33N7O5S/c1-3-35-19(31)16-29(15-18-8-6-7-17(13-18)14-28-10-4-5-11-28)22-20(30(32)33)21(24)26-23(27-22)25-9-12-36(2)34/h6-8,13H,3-5,9-12,14-16H2,1-2H3,(H3,24,25,26,27). The number of nitrogens with zero attached hydrogens (tertiary/aromatic N) is 5. The highest BCUT2D eigenvalue weighted by atomic mass is 32.2. The fourth-order valence-electron chi connectivity index (χ4n) is 4.05. The number of carbonyl (C=O) groups is 1. The number of esters is 1. The molecule has 1 aromatic heterocycles. The summed E-state index contributed by atoms with van der Waals surface area (Å²) in [4.78, 5) is 35.9. The molecular formula is C23H33N7O5S. The molecular weight excluding hydrogens is 486 g/mol. The van der Waals surface area contributed by atoms with Gasteiger partial charge in [0.1, 0.15) is 12.3 Å². The molecule has 1 aliphatic heterocycles. The normalized spacial score (nSPS) is 14.4. The van der Waals surface area contributed by atoms with E-state index in [1.54, 1.807) is 13.2 Å². The third kappa shape index (κ3) is 7.93. The van der Waals surface area contributed by atoms with Gasteiger partial charge in [-0.1, -0.05) is 35.4 Å². The van der Waals surface area contributed by atoms with Crippen LogP contribution in [-0.4, -0.2) is 75.1 Å². The first-order chi connectivity index (χ1) is 17.3. The van der Waals surface area contributed by atoms with Crippen LogP contribution in [0.3, 0.4) is 0 Å². The zero-order valence-corrected chi connectivity index (χ0v) is 21.5. The van der Waals surface area contributed by atoms with Gasteiger partial charge >= 0.3 is 11.7 Å². The number of benzene rings is 1. The average molecular weight is 520 g/mol. The van der Waals surface area contributed by atoms with Gasteiger partial charge in [0.2, 0.25) is 17.6 Å². The summed E-state index contributed by atoms with van der Waals surface area (Å²) in [6.07, 6.45) is 3.95. The predicted molar refractivity (Wildman–Crippen MR) is 139 cm³/mol. The monoisotopic (exact) mass is 519 g/mol. The zero-order valence-electron chi connectivity index (χ0n) is 20.6. The second-order valence-electron chi connectivity index (χ2n) is 8.53. The molecule has 3 rings (SSSR count). The molecule has 13 heteroatoms. The number of nitro groups is 1. The zero-order chi connectivity index (χ0) is 26.1. The van der Waals surface area contributed by atoms with E-state index < -0.39 is 27.8 Å². The van der Waals surface area contributed by atoms with Crippen LogP contribution in [0.15, 0.2) is 24.3 Å². The number of nitrogens with one attached hydrogen (secondary N) is 1. The minimum Gasteiger partial charge on any atom is -0.617 e. The van der Waals surface area contributed by atoms with E-state index in [0.29, 0.717) is 5.75 Å². The lowest BCUT2D eigenvalue weighted by Crippen LogP contribution is -2.32. The Morgan fingerprint density at radius 2 is 2.03 bits per heavy atom. The molecule has 1 fully saturated rings. The van der Waals surface area contributed by atoms with Gasteiger partial charge in [0.15, 0.2) is 0 Å². The van der Waals surface area contributed by atoms with Gasteiger partial charge in [-0.25, -0.2) is 0 Å². The van der Waals surface area contributed by atoms with Crippen LogP contribution in [0.5, 0.6) is 0 Å². The maximum atomic E-state index is 12.4. The van der Waals surface area contributed by atoms with Crippen molar-refractivity contribution in [3.63, 3.8) is 0 Å². The first-order valence-corrected chi connectivity index (χ1v) is 13.6. The molecule has 3 N–H and O–H groups in total. The highest BCUT2D eigenvalue weighted by Gasteiger charge is 2.29. The van der Waals surface area contributed by atoms with Crippen molar-refractivity contribution in [3.8, 4) is 0 Å². The molecule has 1 unspecified atom stereocenters. The van der Waals surface area contributed by atoms with E-state index in [0.717, 1.165) is 30.8 Å². The van der Waals surface area contributed by atoms with Gasteiger partial charge in [-0.15, -0.1) is 0 Å². The molecule has 0 amide bonds. The van der Waals surface area contributed by atoms with Gasteiger partial charge in [0, 0.05) is 13.1 Å². The maximum absolute atomic E-state index is 12.4. The summed E-state index contributed by atoms with van der Waals surface area (Å²) in [5, 5.41) is 14.8. The molecule has 0 bridgehead atoms. The smallest absolute Gasteiger partial charge is 0.353 e. The van der Waals surface area contributed by atoms with E-state index in [2.05, 4.69) is 20.2 Å². The number of ether oxygens (including phenoxy) is 1. The summed E-state index contributed by atoms with van der Waals surface area (Å²) >= 11 is -1.04. The molecule has 36 heavy (non-hydrogen) atoms. The lowest BCUT2D eigenvalue weighted by atomic mass is 10.1. The molecule has 12 nitrogen and oxygen atoms in total. The number of anilines is 3. The molecule has 1 aliphatic rings. The first-order valence-electron chi connectivity index (χ1n) is 11.8. The largest absolute Gasteiger partial charge is 0.617 e. The molecule has 2 heterocycles. The van der Waals surface area contributed by atoms with Crippen LogP contribution in [0.4, 0.5) is 23.3 Å². The second-order valence-corrected chi connectivity index (χ2v) is 10.1. The number of hydrogen-bond acceptors (Lipinski definition) is 11. The number of aromatic nitrogens is 2. The molecule has 0 radical (unpaired) electrons. The molecule has 1 saturated heterocycles. The fourth-order valence-corrected chi connectivity index (χ4v) is 4.44. The van der Waals surface area contributed by atoms with Crippen LogP contribution < -0.4 is 16.0 Å². The van der Waals surface area contributed by atoms with Gasteiger partial charge in [0.05, 0.1) is 24.3 Å². The van der Waals surface area contributed by atoms with Crippen molar-refractivity contribution >= 4 is 40.4 Å². The third-order valence-electron chi connectivity index (χ3n) is 5.64.